The molecule has 0 aliphatic heterocycles. The molecule has 0 spiro atoms. The molecule has 1 aromatic rings. The molecule has 27 heavy (non-hydrogen) atoms. The number of benzene rings is 1. The van der Waals surface area contributed by atoms with Crippen molar-refractivity contribution in [1.29, 1.82) is 0 Å². The Morgan fingerprint density at radius 1 is 0.852 bits per heavy atom. The van der Waals surface area contributed by atoms with Crippen LogP contribution in [-0.2, 0) is 15.1 Å². The van der Waals surface area contributed by atoms with Gasteiger partial charge in [0.1, 0.15) is 0 Å². The molecule has 1 rings (SSSR count). The van der Waals surface area contributed by atoms with Gasteiger partial charge in [-0.3, -0.25) is 9.11 Å². The van der Waals surface area contributed by atoms with E-state index < -0.39 is 10.4 Å². The minimum absolute atomic E-state index is 0. The van der Waals surface area contributed by atoms with E-state index in [9.17, 15) is 0 Å². The average molecular weight is 411 g/mol. The summed E-state index contributed by atoms with van der Waals surface area (Å²) in [6.07, 6.45) is 17.5. The Morgan fingerprint density at radius 2 is 1.30 bits per heavy atom. The van der Waals surface area contributed by atoms with Crippen LogP contribution in [-0.4, -0.2) is 53.7 Å². The zero-order chi connectivity index (χ0) is 19.5. The van der Waals surface area contributed by atoms with Crippen LogP contribution in [0.1, 0.15) is 76.7 Å². The van der Waals surface area contributed by atoms with E-state index in [2.05, 4.69) is 19.1 Å². The first kappa shape index (κ1) is 28.8. The maximum atomic E-state index is 8.74. The summed E-state index contributed by atoms with van der Waals surface area (Å²) in [6, 6.07) is 10.3. The van der Waals surface area contributed by atoms with Gasteiger partial charge in [0.15, 0.2) is 0 Å². The SMILES string of the molecule is CCCCCCCCCCCCOC=Cc1ccccc1.O=S(=O)(O)O.[NaH]. The van der Waals surface area contributed by atoms with Crippen molar-refractivity contribution in [3.05, 3.63) is 42.2 Å². The molecule has 0 heterocycles. The number of ether oxygens (including phenoxy) is 1. The fourth-order valence-electron chi connectivity index (χ4n) is 2.43. The van der Waals surface area contributed by atoms with Gasteiger partial charge in [-0.2, -0.15) is 8.42 Å². The predicted octanol–water partition coefficient (Wildman–Crippen LogP) is 5.29. The summed E-state index contributed by atoms with van der Waals surface area (Å²) in [5.41, 5.74) is 1.19. The quantitative estimate of drug-likeness (QED) is 0.200. The number of hydrogen-bond donors (Lipinski definition) is 2. The zero-order valence-corrected chi connectivity index (χ0v) is 16.7. The summed E-state index contributed by atoms with van der Waals surface area (Å²) in [6.45, 7) is 3.12. The van der Waals surface area contributed by atoms with E-state index in [-0.39, 0.29) is 29.6 Å². The number of rotatable bonds is 13. The Hall–Kier alpha value is -0.370. The molecule has 7 heteroatoms. The third kappa shape index (κ3) is 27.9. The maximum absolute atomic E-state index is 8.74. The summed E-state index contributed by atoms with van der Waals surface area (Å²) < 4.78 is 37.1. The van der Waals surface area contributed by atoms with Crippen LogP contribution in [0.2, 0.25) is 0 Å². The Bertz CT molecular complexity index is 539. The van der Waals surface area contributed by atoms with Crippen molar-refractivity contribution >= 4 is 46.0 Å². The molecular formula is C20H35NaO5S. The average Bonchev–Trinajstić information content (AvgIpc) is 2.58. The third-order valence-electron chi connectivity index (χ3n) is 3.77. The van der Waals surface area contributed by atoms with Crippen molar-refractivity contribution in [2.24, 2.45) is 0 Å². The summed E-state index contributed by atoms with van der Waals surface area (Å²) >= 11 is 0. The van der Waals surface area contributed by atoms with E-state index in [1.165, 1.54) is 69.8 Å². The van der Waals surface area contributed by atoms with E-state index in [0.29, 0.717) is 0 Å². The van der Waals surface area contributed by atoms with Crippen molar-refractivity contribution < 1.29 is 22.3 Å². The Kier molecular flexibility index (Phi) is 21.8. The molecule has 0 unspecified atom stereocenters. The van der Waals surface area contributed by atoms with Crippen LogP contribution in [0.4, 0.5) is 0 Å². The predicted molar refractivity (Wildman–Crippen MR) is 115 cm³/mol. The first-order chi connectivity index (χ1) is 12.4. The molecule has 0 amide bonds. The van der Waals surface area contributed by atoms with Gasteiger partial charge in [0, 0.05) is 0 Å². The molecule has 0 aliphatic carbocycles. The number of unbranched alkanes of at least 4 members (excludes halogenated alkanes) is 9. The fraction of sp³-hybridized carbons (Fsp3) is 0.600. The van der Waals surface area contributed by atoms with Crippen LogP contribution < -0.4 is 0 Å². The van der Waals surface area contributed by atoms with E-state index in [1.807, 2.05) is 30.5 Å². The van der Waals surface area contributed by atoms with Crippen molar-refractivity contribution in [1.82, 2.24) is 0 Å². The van der Waals surface area contributed by atoms with E-state index in [4.69, 9.17) is 22.3 Å². The topological polar surface area (TPSA) is 83.8 Å². The Balaban J connectivity index is 0. The molecule has 1 aromatic carbocycles. The molecule has 5 nitrogen and oxygen atoms in total. The van der Waals surface area contributed by atoms with Crippen LogP contribution in [0, 0.1) is 0 Å². The molecular weight excluding hydrogens is 375 g/mol. The normalized spacial score (nSPS) is 10.8. The fourth-order valence-corrected chi connectivity index (χ4v) is 2.43. The van der Waals surface area contributed by atoms with Crippen molar-refractivity contribution in [2.45, 2.75) is 71.1 Å². The summed E-state index contributed by atoms with van der Waals surface area (Å²) in [4.78, 5) is 0. The van der Waals surface area contributed by atoms with Gasteiger partial charge in [-0.25, -0.2) is 0 Å². The van der Waals surface area contributed by atoms with Gasteiger partial charge >= 0.3 is 40.0 Å². The van der Waals surface area contributed by atoms with Gasteiger partial charge in [-0.15, -0.1) is 0 Å². The third-order valence-corrected chi connectivity index (χ3v) is 3.77. The summed E-state index contributed by atoms with van der Waals surface area (Å²) in [5, 5.41) is 0. The van der Waals surface area contributed by atoms with Crippen LogP contribution in [0.5, 0.6) is 0 Å². The summed E-state index contributed by atoms with van der Waals surface area (Å²) in [7, 11) is -4.67. The van der Waals surface area contributed by atoms with Crippen LogP contribution >= 0.6 is 0 Å². The van der Waals surface area contributed by atoms with E-state index in [0.717, 1.165) is 6.61 Å². The van der Waals surface area contributed by atoms with E-state index in [1.54, 1.807) is 0 Å². The van der Waals surface area contributed by atoms with E-state index >= 15 is 0 Å². The van der Waals surface area contributed by atoms with Crippen LogP contribution in [0.15, 0.2) is 36.6 Å². The Morgan fingerprint density at radius 3 is 1.78 bits per heavy atom. The molecule has 0 saturated heterocycles. The van der Waals surface area contributed by atoms with Crippen molar-refractivity contribution in [3.63, 3.8) is 0 Å². The zero-order valence-electron chi connectivity index (χ0n) is 15.8. The first-order valence-electron chi connectivity index (χ1n) is 9.46. The first-order valence-corrected chi connectivity index (χ1v) is 10.9. The van der Waals surface area contributed by atoms with Gasteiger partial charge < -0.3 is 4.74 Å². The van der Waals surface area contributed by atoms with Gasteiger partial charge in [-0.05, 0) is 18.1 Å². The summed E-state index contributed by atoms with van der Waals surface area (Å²) in [5.74, 6) is 0. The van der Waals surface area contributed by atoms with Crippen LogP contribution in [0.3, 0.4) is 0 Å². The second kappa shape index (κ2) is 20.4. The van der Waals surface area contributed by atoms with Gasteiger partial charge in [0.05, 0.1) is 12.9 Å². The molecule has 0 aromatic heterocycles. The molecule has 0 bridgehead atoms. The standard InChI is InChI=1S/C20H32O.Na.H2O4S.H/c1-2-3-4-5-6-7-8-9-10-14-18-21-19-17-20-15-12-11-13-16-20;;1-5(2,3)4;/h11-13,15-17,19H,2-10,14,18H2,1H3;;(H2,1,2,3,4);. The number of hydrogen-bond acceptors (Lipinski definition) is 3. The molecule has 2 N–H and O–H groups in total. The van der Waals surface area contributed by atoms with Crippen molar-refractivity contribution in [3.8, 4) is 0 Å². The second-order valence-corrected chi connectivity index (χ2v) is 7.11. The van der Waals surface area contributed by atoms with Gasteiger partial charge in [0.2, 0.25) is 0 Å². The molecule has 0 aliphatic rings. The van der Waals surface area contributed by atoms with Gasteiger partial charge in [0.25, 0.3) is 0 Å². The Labute approximate surface area is 187 Å². The molecule has 152 valence electrons. The molecule has 0 saturated carbocycles. The second-order valence-electron chi connectivity index (χ2n) is 6.21. The van der Waals surface area contributed by atoms with Gasteiger partial charge in [-0.1, -0.05) is 95.0 Å². The monoisotopic (exact) mass is 410 g/mol. The van der Waals surface area contributed by atoms with Crippen LogP contribution in [0.25, 0.3) is 6.08 Å². The molecule has 0 radical (unpaired) electrons. The molecule has 0 fully saturated rings. The minimum atomic E-state index is -4.67. The van der Waals surface area contributed by atoms with Crippen molar-refractivity contribution in [2.75, 3.05) is 6.61 Å². The molecule has 0 atom stereocenters.